The number of hydrogen-bond donors (Lipinski definition) is 2. The summed E-state index contributed by atoms with van der Waals surface area (Å²) in [5, 5.41) is 2.90. The molecule has 0 heterocycles. The number of anilines is 1. The predicted molar refractivity (Wildman–Crippen MR) is 115 cm³/mol. The fraction of sp³-hybridized carbons (Fsp3) is 0.208. The highest BCUT2D eigenvalue weighted by molar-refractivity contribution is 6.04. The quantitative estimate of drug-likeness (QED) is 0.620. The largest absolute Gasteiger partial charge is 0.493 e. The molecule has 5 heteroatoms. The van der Waals surface area contributed by atoms with Crippen LogP contribution in [0, 0.1) is 0 Å². The van der Waals surface area contributed by atoms with Crippen LogP contribution in [-0.4, -0.2) is 27.2 Å². The molecule has 0 saturated carbocycles. The van der Waals surface area contributed by atoms with E-state index in [9.17, 15) is 4.79 Å². The van der Waals surface area contributed by atoms with Gasteiger partial charge in [-0.15, -0.1) is 0 Å². The molecule has 5 nitrogen and oxygen atoms in total. The molecule has 0 radical (unpaired) electrons. The summed E-state index contributed by atoms with van der Waals surface area (Å²) in [6, 6.07) is 23.1. The Labute approximate surface area is 171 Å². The summed E-state index contributed by atoms with van der Waals surface area (Å²) in [5.41, 5.74) is 3.70. The van der Waals surface area contributed by atoms with Crippen molar-refractivity contribution in [3.63, 3.8) is 0 Å². The number of hydrogen-bond acceptors (Lipinski definition) is 3. The number of ether oxygens (including phenoxy) is 2. The summed E-state index contributed by atoms with van der Waals surface area (Å²) in [7, 11) is 5.44. The van der Waals surface area contributed by atoms with E-state index in [0.717, 1.165) is 35.8 Å². The Hall–Kier alpha value is -3.31. The standard InChI is InChI=1S/C24H26N2O3/c1-26(17-20-8-7-11-22(28-2)23(20)29-3)16-18-12-14-19(15-13-18)24(27)25-21-9-5-4-6-10-21/h4-15H,16-17H2,1-3H3,(H,25,27)/p+1. The summed E-state index contributed by atoms with van der Waals surface area (Å²) >= 11 is 0. The fourth-order valence-electron chi connectivity index (χ4n) is 3.33. The van der Waals surface area contributed by atoms with Gasteiger partial charge in [0, 0.05) is 16.8 Å². The van der Waals surface area contributed by atoms with E-state index in [2.05, 4.69) is 18.4 Å². The molecule has 1 amide bonds. The lowest BCUT2D eigenvalue weighted by molar-refractivity contribution is -0.907. The Morgan fingerprint density at radius 1 is 0.862 bits per heavy atom. The van der Waals surface area contributed by atoms with Crippen molar-refractivity contribution in [1.82, 2.24) is 0 Å². The molecular weight excluding hydrogens is 364 g/mol. The number of methoxy groups -OCH3 is 2. The number of carbonyl (C=O) groups excluding carboxylic acids is 1. The minimum absolute atomic E-state index is 0.107. The molecule has 150 valence electrons. The van der Waals surface area contributed by atoms with Crippen molar-refractivity contribution < 1.29 is 19.2 Å². The van der Waals surface area contributed by atoms with Gasteiger partial charge in [0.1, 0.15) is 13.1 Å². The first kappa shape index (κ1) is 20.4. The summed E-state index contributed by atoms with van der Waals surface area (Å²) in [5.74, 6) is 1.42. The van der Waals surface area contributed by atoms with E-state index < -0.39 is 0 Å². The summed E-state index contributed by atoms with van der Waals surface area (Å²) < 4.78 is 10.9. The average molecular weight is 391 g/mol. The topological polar surface area (TPSA) is 52.0 Å². The van der Waals surface area contributed by atoms with Crippen LogP contribution in [0.3, 0.4) is 0 Å². The SMILES string of the molecule is COc1cccc(C[NH+](C)Cc2ccc(C(=O)Nc3ccccc3)cc2)c1OC. The van der Waals surface area contributed by atoms with Gasteiger partial charge in [-0.25, -0.2) is 0 Å². The van der Waals surface area contributed by atoms with E-state index >= 15 is 0 Å². The van der Waals surface area contributed by atoms with Crippen LogP contribution in [0.1, 0.15) is 21.5 Å². The Kier molecular flexibility index (Phi) is 6.87. The van der Waals surface area contributed by atoms with Crippen LogP contribution < -0.4 is 19.7 Å². The van der Waals surface area contributed by atoms with Crippen LogP contribution in [0.25, 0.3) is 0 Å². The normalized spacial score (nSPS) is 11.6. The van der Waals surface area contributed by atoms with E-state index in [0.29, 0.717) is 5.56 Å². The summed E-state index contributed by atoms with van der Waals surface area (Å²) in [4.78, 5) is 13.7. The number of nitrogens with one attached hydrogen (secondary N) is 2. The van der Waals surface area contributed by atoms with Crippen LogP contribution in [0.4, 0.5) is 5.69 Å². The molecule has 1 unspecified atom stereocenters. The van der Waals surface area contributed by atoms with Gasteiger partial charge in [-0.05, 0) is 36.4 Å². The van der Waals surface area contributed by atoms with Crippen LogP contribution in [0.5, 0.6) is 11.5 Å². The molecule has 0 aliphatic carbocycles. The molecule has 0 aromatic heterocycles. The zero-order valence-corrected chi connectivity index (χ0v) is 17.1. The van der Waals surface area contributed by atoms with Gasteiger partial charge < -0.3 is 19.7 Å². The number of amides is 1. The third-order valence-corrected chi connectivity index (χ3v) is 4.73. The third kappa shape index (κ3) is 5.36. The molecule has 0 spiro atoms. The fourth-order valence-corrected chi connectivity index (χ4v) is 3.33. The molecule has 3 rings (SSSR count). The van der Waals surface area contributed by atoms with Gasteiger partial charge in [0.05, 0.1) is 26.8 Å². The first-order chi connectivity index (χ1) is 14.1. The minimum Gasteiger partial charge on any atom is -0.493 e. The smallest absolute Gasteiger partial charge is 0.255 e. The van der Waals surface area contributed by atoms with Crippen molar-refractivity contribution in [3.8, 4) is 11.5 Å². The van der Waals surface area contributed by atoms with E-state index in [1.807, 2.05) is 66.7 Å². The van der Waals surface area contributed by atoms with Gasteiger partial charge in [-0.1, -0.05) is 36.4 Å². The Morgan fingerprint density at radius 2 is 1.59 bits per heavy atom. The number of quaternary nitrogens is 1. The van der Waals surface area contributed by atoms with Crippen LogP contribution >= 0.6 is 0 Å². The molecule has 3 aromatic carbocycles. The van der Waals surface area contributed by atoms with Crippen LogP contribution in [-0.2, 0) is 13.1 Å². The number of benzene rings is 3. The maximum Gasteiger partial charge on any atom is 0.255 e. The molecule has 3 aromatic rings. The number of carbonyl (C=O) groups is 1. The van der Waals surface area contributed by atoms with Gasteiger partial charge >= 0.3 is 0 Å². The Morgan fingerprint density at radius 3 is 2.24 bits per heavy atom. The molecule has 0 aliphatic rings. The van der Waals surface area contributed by atoms with Gasteiger partial charge in [-0.3, -0.25) is 4.79 Å². The van der Waals surface area contributed by atoms with E-state index in [-0.39, 0.29) is 5.91 Å². The summed E-state index contributed by atoms with van der Waals surface area (Å²) in [6.07, 6.45) is 0. The van der Waals surface area contributed by atoms with Gasteiger partial charge in [0.2, 0.25) is 0 Å². The highest BCUT2D eigenvalue weighted by Gasteiger charge is 2.14. The van der Waals surface area contributed by atoms with E-state index in [4.69, 9.17) is 9.47 Å². The van der Waals surface area contributed by atoms with Crippen molar-refractivity contribution in [2.24, 2.45) is 0 Å². The average Bonchev–Trinajstić information content (AvgIpc) is 2.74. The highest BCUT2D eigenvalue weighted by atomic mass is 16.5. The Balaban J connectivity index is 1.62. The van der Waals surface area contributed by atoms with E-state index in [1.165, 1.54) is 10.5 Å². The van der Waals surface area contributed by atoms with Gasteiger partial charge in [0.15, 0.2) is 11.5 Å². The second kappa shape index (κ2) is 9.75. The molecule has 2 N–H and O–H groups in total. The number of para-hydroxylation sites is 2. The Bertz CT molecular complexity index is 940. The van der Waals surface area contributed by atoms with Crippen molar-refractivity contribution >= 4 is 11.6 Å². The van der Waals surface area contributed by atoms with E-state index in [1.54, 1.807) is 14.2 Å². The van der Waals surface area contributed by atoms with Crippen molar-refractivity contribution in [2.75, 3.05) is 26.6 Å². The first-order valence-electron chi connectivity index (χ1n) is 9.57. The lowest BCUT2D eigenvalue weighted by Gasteiger charge is -2.17. The third-order valence-electron chi connectivity index (χ3n) is 4.73. The highest BCUT2D eigenvalue weighted by Crippen LogP contribution is 2.30. The molecule has 0 fully saturated rings. The molecule has 0 aliphatic heterocycles. The first-order valence-corrected chi connectivity index (χ1v) is 9.57. The molecular formula is C24H27N2O3+. The lowest BCUT2D eigenvalue weighted by atomic mass is 10.1. The lowest BCUT2D eigenvalue weighted by Crippen LogP contribution is -3.06. The second-order valence-electron chi connectivity index (χ2n) is 6.98. The zero-order valence-electron chi connectivity index (χ0n) is 17.1. The van der Waals surface area contributed by atoms with Crippen molar-refractivity contribution in [3.05, 3.63) is 89.5 Å². The maximum atomic E-state index is 12.4. The predicted octanol–water partition coefficient (Wildman–Crippen LogP) is 3.17. The summed E-state index contributed by atoms with van der Waals surface area (Å²) in [6.45, 7) is 1.64. The molecule has 29 heavy (non-hydrogen) atoms. The van der Waals surface area contributed by atoms with Gasteiger partial charge in [0.25, 0.3) is 5.91 Å². The molecule has 0 saturated heterocycles. The zero-order chi connectivity index (χ0) is 20.6. The van der Waals surface area contributed by atoms with Crippen molar-refractivity contribution in [2.45, 2.75) is 13.1 Å². The maximum absolute atomic E-state index is 12.4. The number of rotatable bonds is 8. The van der Waals surface area contributed by atoms with Crippen LogP contribution in [0.15, 0.2) is 72.8 Å². The monoisotopic (exact) mass is 391 g/mol. The molecule has 1 atom stereocenters. The van der Waals surface area contributed by atoms with Crippen molar-refractivity contribution in [1.29, 1.82) is 0 Å². The molecule has 0 bridgehead atoms. The minimum atomic E-state index is -0.107. The van der Waals surface area contributed by atoms with Crippen LogP contribution in [0.2, 0.25) is 0 Å². The second-order valence-corrected chi connectivity index (χ2v) is 6.98. The van der Waals surface area contributed by atoms with Gasteiger partial charge in [-0.2, -0.15) is 0 Å².